The van der Waals surface area contributed by atoms with Crippen molar-refractivity contribution in [1.29, 1.82) is 0 Å². The second-order valence-corrected chi connectivity index (χ2v) is 4.03. The first kappa shape index (κ1) is 7.75. The van der Waals surface area contributed by atoms with Crippen LogP contribution in [0, 0.1) is 0 Å². The average molecular weight is 268 g/mol. The molecule has 0 aromatic heterocycles. The third kappa shape index (κ3) is 2.39. The van der Waals surface area contributed by atoms with Crippen molar-refractivity contribution in [2.45, 2.75) is 9.79 Å². The lowest BCUT2D eigenvalue weighted by Crippen LogP contribution is -1.64. The van der Waals surface area contributed by atoms with E-state index < -0.39 is 0 Å². The van der Waals surface area contributed by atoms with E-state index >= 15 is 0 Å². The summed E-state index contributed by atoms with van der Waals surface area (Å²) in [6, 6.07) is 8.09. The second kappa shape index (κ2) is 3.73. The van der Waals surface area contributed by atoms with Gasteiger partial charge in [0.05, 0.1) is 0 Å². The molecule has 0 unspecified atom stereocenters. The van der Waals surface area contributed by atoms with E-state index in [2.05, 4.69) is 46.0 Å². The summed E-state index contributed by atoms with van der Waals surface area (Å²) in [5, 5.41) is 0. The van der Waals surface area contributed by atoms with Crippen LogP contribution < -0.4 is 0 Å². The third-order valence-electron chi connectivity index (χ3n) is 0.926. The van der Waals surface area contributed by atoms with Crippen LogP contribution in [0.1, 0.15) is 0 Å². The van der Waals surface area contributed by atoms with Crippen molar-refractivity contribution in [2.75, 3.05) is 0 Å². The van der Waals surface area contributed by atoms with Gasteiger partial charge in [-0.25, -0.2) is 0 Å². The maximum atomic E-state index is 4.16. The summed E-state index contributed by atoms with van der Waals surface area (Å²) in [6.07, 6.45) is 0. The van der Waals surface area contributed by atoms with Crippen LogP contribution in [0.3, 0.4) is 0 Å². The van der Waals surface area contributed by atoms with E-state index in [1.165, 1.54) is 4.90 Å². The maximum absolute atomic E-state index is 4.16. The molecule has 0 fully saturated rings. The molecule has 48 valence electrons. The Morgan fingerprint density at radius 2 is 1.78 bits per heavy atom. The number of rotatable bonds is 1. The molecule has 0 aliphatic heterocycles. The summed E-state index contributed by atoms with van der Waals surface area (Å²) in [4.78, 5) is 2.29. The number of thiol groups is 1. The van der Waals surface area contributed by atoms with Crippen LogP contribution in [0.25, 0.3) is 0 Å². The zero-order chi connectivity index (χ0) is 6.69. The van der Waals surface area contributed by atoms with Crippen LogP contribution in [0.5, 0.6) is 0 Å². The topological polar surface area (TPSA) is 0 Å². The Bertz CT molecular complexity index is 183. The van der Waals surface area contributed by atoms with Gasteiger partial charge in [-0.2, -0.15) is 0 Å². The maximum Gasteiger partial charge on any atom is 0.0179 e. The molecule has 0 aliphatic rings. The van der Waals surface area contributed by atoms with Gasteiger partial charge in [0, 0.05) is 31.0 Å². The van der Waals surface area contributed by atoms with Crippen molar-refractivity contribution in [3.63, 3.8) is 0 Å². The Labute approximate surface area is 76.4 Å². The molecular weight excluding hydrogens is 263 g/mol. The molecule has 1 aromatic rings. The second-order valence-electron chi connectivity index (χ2n) is 1.57. The van der Waals surface area contributed by atoms with Gasteiger partial charge in [0.2, 0.25) is 0 Å². The first-order chi connectivity index (χ1) is 4.33. The standard InChI is InChI=1S/C6H5IS2/c7-9-6-3-1-5(8)2-4-6/h1-4,8H. The van der Waals surface area contributed by atoms with E-state index in [1.807, 2.05) is 12.1 Å². The molecule has 0 atom stereocenters. The van der Waals surface area contributed by atoms with Crippen LogP contribution in [0.2, 0.25) is 0 Å². The molecule has 3 heteroatoms. The van der Waals surface area contributed by atoms with Gasteiger partial charge in [0.25, 0.3) is 0 Å². The fraction of sp³-hybridized carbons (Fsp3) is 0. The summed E-state index contributed by atoms with van der Waals surface area (Å²) < 4.78 is 0. The molecule has 0 heterocycles. The molecule has 0 saturated carbocycles. The monoisotopic (exact) mass is 268 g/mol. The zero-order valence-electron chi connectivity index (χ0n) is 4.54. The van der Waals surface area contributed by atoms with E-state index in [9.17, 15) is 0 Å². The molecular formula is C6H5IS2. The van der Waals surface area contributed by atoms with Gasteiger partial charge in [-0.1, -0.05) is 8.93 Å². The summed E-state index contributed by atoms with van der Waals surface area (Å²) in [5.74, 6) is 0. The fourth-order valence-electron chi connectivity index (χ4n) is 0.498. The highest BCUT2D eigenvalue weighted by Gasteiger charge is 1.87. The van der Waals surface area contributed by atoms with Crippen LogP contribution in [0.4, 0.5) is 0 Å². The number of benzene rings is 1. The average Bonchev–Trinajstić information content (AvgIpc) is 1.90. The van der Waals surface area contributed by atoms with Crippen LogP contribution in [-0.2, 0) is 0 Å². The van der Waals surface area contributed by atoms with Gasteiger partial charge in [-0.3, -0.25) is 0 Å². The Morgan fingerprint density at radius 3 is 2.22 bits per heavy atom. The minimum absolute atomic E-state index is 1.02. The molecule has 1 aromatic carbocycles. The number of halogens is 1. The summed E-state index contributed by atoms with van der Waals surface area (Å²) in [6.45, 7) is 0. The smallest absolute Gasteiger partial charge is 0.0179 e. The van der Waals surface area contributed by atoms with E-state index in [-0.39, 0.29) is 0 Å². The lowest BCUT2D eigenvalue weighted by atomic mass is 10.4. The molecule has 0 N–H and O–H groups in total. The molecule has 0 spiro atoms. The zero-order valence-corrected chi connectivity index (χ0v) is 8.41. The van der Waals surface area contributed by atoms with Crippen molar-refractivity contribution < 1.29 is 0 Å². The number of hydrogen-bond acceptors (Lipinski definition) is 2. The van der Waals surface area contributed by atoms with Gasteiger partial charge < -0.3 is 0 Å². The molecule has 0 aliphatic carbocycles. The van der Waals surface area contributed by atoms with Gasteiger partial charge in [-0.05, 0) is 24.3 Å². The molecule has 0 nitrogen and oxygen atoms in total. The Morgan fingerprint density at radius 1 is 1.22 bits per heavy atom. The minimum Gasteiger partial charge on any atom is -0.143 e. The van der Waals surface area contributed by atoms with Crippen molar-refractivity contribution >= 4 is 42.8 Å². The van der Waals surface area contributed by atoms with E-state index in [0.717, 1.165) is 4.90 Å². The van der Waals surface area contributed by atoms with Gasteiger partial charge in [0.1, 0.15) is 0 Å². The third-order valence-corrected chi connectivity index (χ3v) is 3.20. The molecule has 1 rings (SSSR count). The van der Waals surface area contributed by atoms with E-state index in [0.29, 0.717) is 0 Å². The Hall–Kier alpha value is 0.650. The van der Waals surface area contributed by atoms with Crippen LogP contribution >= 0.6 is 42.8 Å². The van der Waals surface area contributed by atoms with Crippen molar-refractivity contribution in [3.05, 3.63) is 24.3 Å². The molecule has 0 amide bonds. The largest absolute Gasteiger partial charge is 0.143 e. The first-order valence-corrected chi connectivity index (χ1v) is 6.21. The fourth-order valence-corrected chi connectivity index (χ4v) is 1.77. The summed E-state index contributed by atoms with van der Waals surface area (Å²) >= 11 is 6.42. The highest BCUT2D eigenvalue weighted by molar-refractivity contribution is 14.2. The van der Waals surface area contributed by atoms with Crippen molar-refractivity contribution in [1.82, 2.24) is 0 Å². The highest BCUT2D eigenvalue weighted by Crippen LogP contribution is 2.25. The molecule has 0 bridgehead atoms. The SMILES string of the molecule is Sc1ccc(SI)cc1. The van der Waals surface area contributed by atoms with Gasteiger partial charge in [0.15, 0.2) is 0 Å². The van der Waals surface area contributed by atoms with Crippen molar-refractivity contribution in [2.24, 2.45) is 0 Å². The molecule has 0 radical (unpaired) electrons. The minimum atomic E-state index is 1.02. The van der Waals surface area contributed by atoms with Crippen LogP contribution in [0.15, 0.2) is 34.1 Å². The summed E-state index contributed by atoms with van der Waals surface area (Å²) in [5.41, 5.74) is 0. The lowest BCUT2D eigenvalue weighted by Gasteiger charge is -1.92. The predicted molar refractivity (Wildman–Crippen MR) is 53.6 cm³/mol. The Balaban J connectivity index is 2.88. The quantitative estimate of drug-likeness (QED) is 0.601. The normalized spacial score (nSPS) is 9.56. The Kier molecular flexibility index (Phi) is 3.21. The van der Waals surface area contributed by atoms with E-state index in [4.69, 9.17) is 0 Å². The number of hydrogen-bond donors (Lipinski definition) is 1. The lowest BCUT2D eigenvalue weighted by molar-refractivity contribution is 1.37. The molecule has 0 saturated heterocycles. The van der Waals surface area contributed by atoms with Crippen LogP contribution in [-0.4, -0.2) is 0 Å². The molecule has 9 heavy (non-hydrogen) atoms. The predicted octanol–water partition coefficient (Wildman–Crippen LogP) is 3.42. The van der Waals surface area contributed by atoms with Gasteiger partial charge >= 0.3 is 0 Å². The van der Waals surface area contributed by atoms with Crippen molar-refractivity contribution in [3.8, 4) is 0 Å². The van der Waals surface area contributed by atoms with Gasteiger partial charge in [-0.15, -0.1) is 12.6 Å². The van der Waals surface area contributed by atoms with E-state index in [1.54, 1.807) is 8.93 Å². The first-order valence-electron chi connectivity index (χ1n) is 2.40. The highest BCUT2D eigenvalue weighted by atomic mass is 127. The summed E-state index contributed by atoms with van der Waals surface area (Å²) in [7, 11) is 1.71.